The molecule has 1 nitrogen and oxygen atoms in total. The van der Waals surface area contributed by atoms with E-state index in [0.29, 0.717) is 10.5 Å². The normalized spacial score (nSPS) is 25.9. The monoisotopic (exact) mass is 394 g/mol. The van der Waals surface area contributed by atoms with E-state index in [1.54, 1.807) is 0 Å². The van der Waals surface area contributed by atoms with E-state index in [0.717, 1.165) is 12.8 Å². The molecule has 3 atom stereocenters. The van der Waals surface area contributed by atoms with Crippen LogP contribution in [-0.4, -0.2) is 33.2 Å². The quantitative estimate of drug-likeness (QED) is 0.785. The fraction of sp³-hybridized carbons (Fsp3) is 0.571. The first-order valence-electron chi connectivity index (χ1n) is 6.36. The van der Waals surface area contributed by atoms with Crippen molar-refractivity contribution in [3.63, 3.8) is 0 Å². The molecule has 0 bridgehead atoms. The van der Waals surface area contributed by atoms with Gasteiger partial charge in [0, 0.05) is 25.6 Å². The highest BCUT2D eigenvalue weighted by Crippen LogP contribution is 2.35. The minimum absolute atomic E-state index is 0.215. The summed E-state index contributed by atoms with van der Waals surface area (Å²) < 4.78 is 1.25. The third-order valence-corrected chi connectivity index (χ3v) is 7.34. The lowest BCUT2D eigenvalue weighted by Crippen LogP contribution is -2.37. The van der Waals surface area contributed by atoms with E-state index < -0.39 is 0 Å². The van der Waals surface area contributed by atoms with Gasteiger partial charge in [0.05, 0.1) is 6.10 Å². The Morgan fingerprint density at radius 3 is 2.61 bits per heavy atom. The summed E-state index contributed by atoms with van der Waals surface area (Å²) in [7, 11) is 0. The van der Waals surface area contributed by atoms with Crippen molar-refractivity contribution < 1.29 is 5.11 Å². The zero-order valence-corrected chi connectivity index (χ0v) is 14.3. The summed E-state index contributed by atoms with van der Waals surface area (Å²) in [6.07, 6.45) is 1.73. The minimum atomic E-state index is -0.215. The van der Waals surface area contributed by atoms with Crippen molar-refractivity contribution in [3.8, 4) is 0 Å². The van der Waals surface area contributed by atoms with Crippen LogP contribution in [0.1, 0.15) is 18.9 Å². The Bertz CT molecular complexity index is 369. The van der Waals surface area contributed by atoms with Gasteiger partial charge >= 0.3 is 0 Å². The fourth-order valence-corrected chi connectivity index (χ4v) is 5.78. The van der Waals surface area contributed by atoms with Gasteiger partial charge in [-0.2, -0.15) is 23.5 Å². The Kier molecular flexibility index (Phi) is 6.18. The lowest BCUT2D eigenvalue weighted by Gasteiger charge is -2.33. The number of hydrogen-bond acceptors (Lipinski definition) is 3. The molecule has 0 saturated carbocycles. The molecular formula is C14H19IOS2. The molecule has 0 amide bonds. The number of aliphatic hydroxyl groups is 1. The summed E-state index contributed by atoms with van der Waals surface area (Å²) >= 11 is 6.30. The third-order valence-electron chi connectivity index (χ3n) is 3.23. The van der Waals surface area contributed by atoms with Crippen molar-refractivity contribution in [1.82, 2.24) is 0 Å². The van der Waals surface area contributed by atoms with Gasteiger partial charge in [-0.05, 0) is 53.1 Å². The second-order valence-electron chi connectivity index (χ2n) is 4.55. The Morgan fingerprint density at radius 1 is 1.28 bits per heavy atom. The molecule has 1 saturated heterocycles. The van der Waals surface area contributed by atoms with E-state index in [1.165, 1.54) is 20.6 Å². The zero-order chi connectivity index (χ0) is 13.0. The number of benzene rings is 1. The van der Waals surface area contributed by atoms with Crippen LogP contribution in [0.3, 0.4) is 0 Å². The molecule has 18 heavy (non-hydrogen) atoms. The van der Waals surface area contributed by atoms with Gasteiger partial charge < -0.3 is 5.11 Å². The predicted octanol–water partition coefficient (Wildman–Crippen LogP) is 3.82. The van der Waals surface area contributed by atoms with Crippen LogP contribution in [0.4, 0.5) is 0 Å². The van der Waals surface area contributed by atoms with Crippen molar-refractivity contribution in [3.05, 3.63) is 33.4 Å². The van der Waals surface area contributed by atoms with Crippen LogP contribution >= 0.6 is 46.1 Å². The van der Waals surface area contributed by atoms with Gasteiger partial charge in [0.25, 0.3) is 0 Å². The second kappa shape index (κ2) is 7.41. The predicted molar refractivity (Wildman–Crippen MR) is 91.7 cm³/mol. The Labute approximate surface area is 132 Å². The highest BCUT2D eigenvalue weighted by Gasteiger charge is 2.30. The average Bonchev–Trinajstić information content (AvgIpc) is 2.41. The lowest BCUT2D eigenvalue weighted by molar-refractivity contribution is 0.169. The van der Waals surface area contributed by atoms with E-state index >= 15 is 0 Å². The van der Waals surface area contributed by atoms with Crippen molar-refractivity contribution in [1.29, 1.82) is 0 Å². The highest BCUT2D eigenvalue weighted by atomic mass is 127. The minimum Gasteiger partial charge on any atom is -0.392 e. The molecule has 1 heterocycles. The molecule has 2 rings (SSSR count). The van der Waals surface area contributed by atoms with Gasteiger partial charge in [-0.3, -0.25) is 0 Å². The first-order valence-corrected chi connectivity index (χ1v) is 9.54. The van der Waals surface area contributed by atoms with Crippen LogP contribution < -0.4 is 0 Å². The van der Waals surface area contributed by atoms with Crippen LogP contribution in [0.5, 0.6) is 0 Å². The number of halogens is 1. The summed E-state index contributed by atoms with van der Waals surface area (Å²) in [6.45, 7) is 2.23. The largest absolute Gasteiger partial charge is 0.392 e. The van der Waals surface area contributed by atoms with E-state index in [1.807, 2.05) is 23.5 Å². The number of rotatable bonds is 4. The molecule has 1 aromatic rings. The van der Waals surface area contributed by atoms with Crippen LogP contribution in [0.15, 0.2) is 24.3 Å². The maximum atomic E-state index is 10.5. The van der Waals surface area contributed by atoms with Gasteiger partial charge in [-0.25, -0.2) is 0 Å². The van der Waals surface area contributed by atoms with Crippen LogP contribution in [0, 0.1) is 3.57 Å². The molecular weight excluding hydrogens is 375 g/mol. The maximum Gasteiger partial charge on any atom is 0.0709 e. The van der Waals surface area contributed by atoms with Gasteiger partial charge in [-0.1, -0.05) is 19.1 Å². The molecule has 0 radical (unpaired) electrons. The summed E-state index contributed by atoms with van der Waals surface area (Å²) in [5.74, 6) is 2.41. The summed E-state index contributed by atoms with van der Waals surface area (Å²) in [4.78, 5) is 0. The number of thioether (sulfide) groups is 2. The molecule has 1 N–H and O–H groups in total. The molecule has 0 spiro atoms. The maximum absolute atomic E-state index is 10.5. The zero-order valence-electron chi connectivity index (χ0n) is 10.5. The van der Waals surface area contributed by atoms with E-state index in [-0.39, 0.29) is 6.10 Å². The van der Waals surface area contributed by atoms with Crippen molar-refractivity contribution in [2.45, 2.75) is 36.4 Å². The molecule has 1 fully saturated rings. The Morgan fingerprint density at radius 2 is 1.94 bits per heavy atom. The fourth-order valence-electron chi connectivity index (χ4n) is 2.27. The lowest BCUT2D eigenvalue weighted by atomic mass is 10.0. The third kappa shape index (κ3) is 4.05. The standard InChI is InChI=1S/C14H19IOS2/c1-2-13-14(18-8-7-17-13)12(16)9-10-3-5-11(15)6-4-10/h3-6,12-14,16H,2,7-9H2,1H3. The first kappa shape index (κ1) is 15.0. The summed E-state index contributed by atoms with van der Waals surface area (Å²) in [6, 6.07) is 8.49. The van der Waals surface area contributed by atoms with Gasteiger partial charge in [0.15, 0.2) is 0 Å². The molecule has 100 valence electrons. The smallest absolute Gasteiger partial charge is 0.0709 e. The molecule has 1 aliphatic heterocycles. The molecule has 1 aromatic carbocycles. The topological polar surface area (TPSA) is 20.2 Å². The average molecular weight is 394 g/mol. The van der Waals surface area contributed by atoms with Crippen molar-refractivity contribution in [2.75, 3.05) is 11.5 Å². The molecule has 4 heteroatoms. The SMILES string of the molecule is CCC1SCCSC1C(O)Cc1ccc(I)cc1. The Balaban J connectivity index is 1.97. The first-order chi connectivity index (χ1) is 8.70. The van der Waals surface area contributed by atoms with E-state index in [9.17, 15) is 5.11 Å². The van der Waals surface area contributed by atoms with Crippen molar-refractivity contribution in [2.24, 2.45) is 0 Å². The number of aliphatic hydroxyl groups excluding tert-OH is 1. The van der Waals surface area contributed by atoms with E-state index in [4.69, 9.17) is 0 Å². The summed E-state index contributed by atoms with van der Waals surface area (Å²) in [5, 5.41) is 11.5. The van der Waals surface area contributed by atoms with Crippen molar-refractivity contribution >= 4 is 46.1 Å². The summed E-state index contributed by atoms with van der Waals surface area (Å²) in [5.41, 5.74) is 1.24. The molecule has 0 aliphatic carbocycles. The van der Waals surface area contributed by atoms with Crippen LogP contribution in [0.25, 0.3) is 0 Å². The van der Waals surface area contributed by atoms with Crippen LogP contribution in [-0.2, 0) is 6.42 Å². The molecule has 1 aliphatic rings. The Hall–Kier alpha value is 0.610. The van der Waals surface area contributed by atoms with Gasteiger partial charge in [-0.15, -0.1) is 0 Å². The second-order valence-corrected chi connectivity index (χ2v) is 8.43. The van der Waals surface area contributed by atoms with Crippen LogP contribution in [0.2, 0.25) is 0 Å². The highest BCUT2D eigenvalue weighted by molar-refractivity contribution is 14.1. The van der Waals surface area contributed by atoms with Gasteiger partial charge in [0.2, 0.25) is 0 Å². The number of hydrogen-bond donors (Lipinski definition) is 1. The molecule has 3 unspecified atom stereocenters. The van der Waals surface area contributed by atoms with Gasteiger partial charge in [0.1, 0.15) is 0 Å². The molecule has 0 aromatic heterocycles. The van der Waals surface area contributed by atoms with E-state index in [2.05, 4.69) is 53.8 Å².